The maximum absolute atomic E-state index is 12.1. The number of carbonyl (C=O) groups is 1. The molecule has 0 aliphatic carbocycles. The van der Waals surface area contributed by atoms with E-state index in [4.69, 9.17) is 4.42 Å². The maximum Gasteiger partial charge on any atom is 0.277 e. The summed E-state index contributed by atoms with van der Waals surface area (Å²) in [6, 6.07) is 17.7. The molecule has 0 atom stereocenters. The highest BCUT2D eigenvalue weighted by Crippen LogP contribution is 2.26. The Morgan fingerprint density at radius 2 is 1.88 bits per heavy atom. The fourth-order valence-corrected chi connectivity index (χ4v) is 3.81. The van der Waals surface area contributed by atoms with Crippen LogP contribution >= 0.6 is 23.1 Å². The number of hydrogen-bond donors (Lipinski definition) is 1. The first-order chi connectivity index (χ1) is 12.8. The number of anilines is 1. The number of thiazole rings is 1. The molecule has 6 nitrogen and oxygen atoms in total. The molecule has 0 unspecified atom stereocenters. The Hall–Kier alpha value is -2.71. The highest BCUT2D eigenvalue weighted by molar-refractivity contribution is 7.99. The Kier molecular flexibility index (Phi) is 4.94. The second-order valence-corrected chi connectivity index (χ2v) is 7.40. The number of fused-ring (bicyclic) bond motifs is 1. The fourth-order valence-electron chi connectivity index (χ4n) is 2.35. The lowest BCUT2D eigenvalue weighted by molar-refractivity contribution is -0.113. The molecular formula is C18H14N4O2S2. The van der Waals surface area contributed by atoms with E-state index in [1.807, 2.05) is 54.6 Å². The van der Waals surface area contributed by atoms with E-state index in [1.165, 1.54) is 23.1 Å². The first kappa shape index (κ1) is 16.7. The molecule has 2 heterocycles. The predicted octanol–water partition coefficient (Wildman–Crippen LogP) is 4.00. The average Bonchev–Trinajstić information content (AvgIpc) is 3.27. The molecule has 1 amide bonds. The van der Waals surface area contributed by atoms with Gasteiger partial charge in [-0.1, -0.05) is 65.6 Å². The van der Waals surface area contributed by atoms with E-state index in [9.17, 15) is 4.79 Å². The minimum Gasteiger partial charge on any atom is -0.416 e. The third-order valence-electron chi connectivity index (χ3n) is 3.51. The summed E-state index contributed by atoms with van der Waals surface area (Å²) in [5, 5.41) is 11.8. The predicted molar refractivity (Wildman–Crippen MR) is 103 cm³/mol. The molecule has 0 aliphatic rings. The number of nitrogens with zero attached hydrogens (tertiary/aromatic N) is 3. The molecule has 8 heteroatoms. The monoisotopic (exact) mass is 382 g/mol. The zero-order chi connectivity index (χ0) is 17.8. The van der Waals surface area contributed by atoms with Crippen LogP contribution in [0.4, 0.5) is 5.13 Å². The quantitative estimate of drug-likeness (QED) is 0.508. The molecule has 2 aromatic carbocycles. The van der Waals surface area contributed by atoms with Crippen molar-refractivity contribution >= 4 is 44.4 Å². The maximum atomic E-state index is 12.1. The molecule has 4 aromatic rings. The van der Waals surface area contributed by atoms with Gasteiger partial charge in [0.2, 0.25) is 11.8 Å². The highest BCUT2D eigenvalue weighted by atomic mass is 32.2. The van der Waals surface area contributed by atoms with Crippen LogP contribution in [0.25, 0.3) is 10.2 Å². The SMILES string of the molecule is O=C(CSc1nnc(Cc2ccccc2)o1)Nc1nc2ccccc2s1. The van der Waals surface area contributed by atoms with E-state index in [0.717, 1.165) is 15.8 Å². The van der Waals surface area contributed by atoms with Crippen molar-refractivity contribution in [3.05, 3.63) is 66.1 Å². The largest absolute Gasteiger partial charge is 0.416 e. The van der Waals surface area contributed by atoms with E-state index in [2.05, 4.69) is 20.5 Å². The van der Waals surface area contributed by atoms with Crippen LogP contribution in [0.15, 0.2) is 64.2 Å². The number of nitrogens with one attached hydrogen (secondary N) is 1. The van der Waals surface area contributed by atoms with Crippen molar-refractivity contribution in [2.45, 2.75) is 11.6 Å². The number of rotatable bonds is 6. The first-order valence-electron chi connectivity index (χ1n) is 7.91. The van der Waals surface area contributed by atoms with Crippen LogP contribution in [0.5, 0.6) is 0 Å². The molecule has 0 radical (unpaired) electrons. The number of benzene rings is 2. The van der Waals surface area contributed by atoms with Crippen LogP contribution in [0.2, 0.25) is 0 Å². The lowest BCUT2D eigenvalue weighted by Gasteiger charge is -1.98. The van der Waals surface area contributed by atoms with Crippen molar-refractivity contribution in [3.8, 4) is 0 Å². The average molecular weight is 382 g/mol. The fraction of sp³-hybridized carbons (Fsp3) is 0.111. The summed E-state index contributed by atoms with van der Waals surface area (Å²) >= 11 is 2.66. The van der Waals surface area contributed by atoms with E-state index >= 15 is 0 Å². The van der Waals surface area contributed by atoms with Gasteiger partial charge in [-0.25, -0.2) is 4.98 Å². The van der Waals surface area contributed by atoms with E-state index in [-0.39, 0.29) is 11.7 Å². The summed E-state index contributed by atoms with van der Waals surface area (Å²) in [6.07, 6.45) is 0.576. The van der Waals surface area contributed by atoms with Gasteiger partial charge >= 0.3 is 0 Å². The van der Waals surface area contributed by atoms with Gasteiger partial charge in [-0.2, -0.15) is 0 Å². The topological polar surface area (TPSA) is 80.9 Å². The Morgan fingerprint density at radius 1 is 1.08 bits per heavy atom. The molecule has 2 aromatic heterocycles. The van der Waals surface area contributed by atoms with E-state index < -0.39 is 0 Å². The zero-order valence-corrected chi connectivity index (χ0v) is 15.2. The molecule has 130 valence electrons. The number of aromatic nitrogens is 3. The minimum absolute atomic E-state index is 0.156. The summed E-state index contributed by atoms with van der Waals surface area (Å²) in [5.41, 5.74) is 1.98. The Balaban J connectivity index is 1.31. The molecule has 0 bridgehead atoms. The normalized spacial score (nSPS) is 10.9. The molecule has 1 N–H and O–H groups in total. The van der Waals surface area contributed by atoms with Gasteiger partial charge in [0.05, 0.1) is 22.4 Å². The number of carbonyl (C=O) groups excluding carboxylic acids is 1. The molecule has 26 heavy (non-hydrogen) atoms. The Morgan fingerprint density at radius 3 is 2.73 bits per heavy atom. The smallest absolute Gasteiger partial charge is 0.277 e. The van der Waals surface area contributed by atoms with Crippen LogP contribution < -0.4 is 5.32 Å². The molecular weight excluding hydrogens is 368 g/mol. The van der Waals surface area contributed by atoms with Gasteiger partial charge in [0.1, 0.15) is 0 Å². The van der Waals surface area contributed by atoms with Crippen molar-refractivity contribution in [1.29, 1.82) is 0 Å². The molecule has 0 saturated carbocycles. The van der Waals surface area contributed by atoms with Crippen molar-refractivity contribution in [3.63, 3.8) is 0 Å². The van der Waals surface area contributed by atoms with Crippen molar-refractivity contribution in [1.82, 2.24) is 15.2 Å². The standard InChI is InChI=1S/C18H14N4O2S2/c23-15(20-17-19-13-8-4-5-9-14(13)26-17)11-25-18-22-21-16(24-18)10-12-6-2-1-3-7-12/h1-9H,10-11H2,(H,19,20,23). The first-order valence-corrected chi connectivity index (χ1v) is 9.71. The van der Waals surface area contributed by atoms with Crippen molar-refractivity contribution in [2.24, 2.45) is 0 Å². The lowest BCUT2D eigenvalue weighted by atomic mass is 10.2. The molecule has 4 rings (SSSR count). The van der Waals surface area contributed by atoms with Crippen LogP contribution in [-0.2, 0) is 11.2 Å². The third kappa shape index (κ3) is 4.09. The van der Waals surface area contributed by atoms with Gasteiger partial charge in [-0.05, 0) is 17.7 Å². The molecule has 0 spiro atoms. The van der Waals surface area contributed by atoms with Crippen LogP contribution in [-0.4, -0.2) is 26.8 Å². The Labute approximate surface area is 157 Å². The van der Waals surface area contributed by atoms with Gasteiger partial charge < -0.3 is 9.73 Å². The van der Waals surface area contributed by atoms with Gasteiger partial charge in [0, 0.05) is 0 Å². The van der Waals surface area contributed by atoms with E-state index in [0.29, 0.717) is 22.7 Å². The van der Waals surface area contributed by atoms with Crippen molar-refractivity contribution in [2.75, 3.05) is 11.1 Å². The highest BCUT2D eigenvalue weighted by Gasteiger charge is 2.12. The minimum atomic E-state index is -0.156. The molecule has 0 fully saturated rings. The lowest BCUT2D eigenvalue weighted by Crippen LogP contribution is -2.13. The van der Waals surface area contributed by atoms with Gasteiger partial charge in [-0.15, -0.1) is 10.2 Å². The van der Waals surface area contributed by atoms with Crippen LogP contribution in [0.3, 0.4) is 0 Å². The summed E-state index contributed by atoms with van der Waals surface area (Å²) in [7, 11) is 0. The number of para-hydroxylation sites is 1. The van der Waals surface area contributed by atoms with Gasteiger partial charge in [-0.3, -0.25) is 4.79 Å². The molecule has 0 aliphatic heterocycles. The van der Waals surface area contributed by atoms with Gasteiger partial charge in [0.15, 0.2) is 5.13 Å². The zero-order valence-electron chi connectivity index (χ0n) is 13.6. The summed E-state index contributed by atoms with van der Waals surface area (Å²) in [6.45, 7) is 0. The Bertz CT molecular complexity index is 997. The summed E-state index contributed by atoms with van der Waals surface area (Å²) < 4.78 is 6.62. The summed E-state index contributed by atoms with van der Waals surface area (Å²) in [5.74, 6) is 0.560. The number of thioether (sulfide) groups is 1. The van der Waals surface area contributed by atoms with E-state index in [1.54, 1.807) is 0 Å². The number of hydrogen-bond acceptors (Lipinski definition) is 7. The molecule has 0 saturated heterocycles. The van der Waals surface area contributed by atoms with Gasteiger partial charge in [0.25, 0.3) is 5.22 Å². The van der Waals surface area contributed by atoms with Crippen LogP contribution in [0.1, 0.15) is 11.5 Å². The number of amides is 1. The third-order valence-corrected chi connectivity index (χ3v) is 5.28. The van der Waals surface area contributed by atoms with Crippen molar-refractivity contribution < 1.29 is 9.21 Å². The second-order valence-electron chi connectivity index (χ2n) is 5.45. The second kappa shape index (κ2) is 7.67. The summed E-state index contributed by atoms with van der Waals surface area (Å²) in [4.78, 5) is 16.5. The van der Waals surface area contributed by atoms with Crippen LogP contribution in [0, 0.1) is 0 Å².